The van der Waals surface area contributed by atoms with Gasteiger partial charge in [0, 0.05) is 25.4 Å². The van der Waals surface area contributed by atoms with Crippen molar-refractivity contribution in [1.82, 2.24) is 14.9 Å². The first-order valence-electron chi connectivity index (χ1n) is 10.4. The van der Waals surface area contributed by atoms with Gasteiger partial charge in [0.2, 0.25) is 5.91 Å². The molecule has 2 heterocycles. The van der Waals surface area contributed by atoms with Crippen molar-refractivity contribution in [1.29, 1.82) is 0 Å². The van der Waals surface area contributed by atoms with E-state index >= 15 is 0 Å². The standard InChI is InChI=1S/C22H31N3O3.H2O/c1-2-3-4-5-6-7-22(26)24-19(16-25-11-10-23-17-25)14-18-8-9-20-21(15-18)28-13-12-27-20;/h8-11,15,17,19H,2-7,12-14,16H2,1H3,(H,24,26);1H2/t19-;/m0./s1. The number of hydrogen-bond acceptors (Lipinski definition) is 4. The maximum Gasteiger partial charge on any atom is 0.220 e. The van der Waals surface area contributed by atoms with Crippen molar-refractivity contribution in [3.8, 4) is 11.5 Å². The molecule has 160 valence electrons. The van der Waals surface area contributed by atoms with Crippen LogP contribution in [-0.4, -0.2) is 40.2 Å². The van der Waals surface area contributed by atoms with Crippen molar-refractivity contribution in [3.05, 3.63) is 42.5 Å². The van der Waals surface area contributed by atoms with Crippen LogP contribution in [0.2, 0.25) is 0 Å². The lowest BCUT2D eigenvalue weighted by Gasteiger charge is -2.22. The van der Waals surface area contributed by atoms with Crippen LogP contribution in [0.3, 0.4) is 0 Å². The summed E-state index contributed by atoms with van der Waals surface area (Å²) in [7, 11) is 0. The van der Waals surface area contributed by atoms with Crippen LogP contribution >= 0.6 is 0 Å². The summed E-state index contributed by atoms with van der Waals surface area (Å²) in [6, 6.07) is 6.02. The molecule has 0 unspecified atom stereocenters. The Morgan fingerprint density at radius 3 is 2.72 bits per heavy atom. The Labute approximate surface area is 172 Å². The smallest absolute Gasteiger partial charge is 0.220 e. The molecule has 0 fully saturated rings. The van der Waals surface area contributed by atoms with Crippen molar-refractivity contribution in [2.45, 2.75) is 64.5 Å². The Morgan fingerprint density at radius 1 is 1.17 bits per heavy atom. The van der Waals surface area contributed by atoms with Crippen LogP contribution in [0.4, 0.5) is 0 Å². The van der Waals surface area contributed by atoms with Crippen LogP contribution < -0.4 is 14.8 Å². The molecule has 29 heavy (non-hydrogen) atoms. The van der Waals surface area contributed by atoms with Gasteiger partial charge in [-0.1, -0.05) is 38.7 Å². The zero-order valence-electron chi connectivity index (χ0n) is 17.2. The normalized spacial score (nSPS) is 13.4. The molecule has 7 nitrogen and oxygen atoms in total. The molecular formula is C22H33N3O4. The molecule has 2 aromatic rings. The fraction of sp³-hybridized carbons (Fsp3) is 0.545. The molecule has 1 atom stereocenters. The Morgan fingerprint density at radius 2 is 1.97 bits per heavy atom. The lowest BCUT2D eigenvalue weighted by atomic mass is 10.0. The van der Waals surface area contributed by atoms with Crippen molar-refractivity contribution < 1.29 is 19.7 Å². The predicted octanol–water partition coefficient (Wildman–Crippen LogP) is 2.92. The number of imidazole rings is 1. The van der Waals surface area contributed by atoms with Crippen LogP contribution in [0.15, 0.2) is 36.9 Å². The quantitative estimate of drug-likeness (QED) is 0.583. The monoisotopic (exact) mass is 403 g/mol. The van der Waals surface area contributed by atoms with Gasteiger partial charge in [-0.2, -0.15) is 0 Å². The topological polar surface area (TPSA) is 96.9 Å². The fourth-order valence-electron chi connectivity index (χ4n) is 3.50. The molecule has 0 radical (unpaired) electrons. The molecule has 1 aromatic carbocycles. The highest BCUT2D eigenvalue weighted by molar-refractivity contribution is 5.76. The summed E-state index contributed by atoms with van der Waals surface area (Å²) in [5.74, 6) is 1.70. The van der Waals surface area contributed by atoms with Crippen molar-refractivity contribution in [2.24, 2.45) is 0 Å². The highest BCUT2D eigenvalue weighted by Gasteiger charge is 2.17. The molecule has 3 rings (SSSR count). The summed E-state index contributed by atoms with van der Waals surface area (Å²) >= 11 is 0. The van der Waals surface area contributed by atoms with Crippen LogP contribution in [0.1, 0.15) is 51.0 Å². The number of amides is 1. The number of nitrogens with one attached hydrogen (secondary N) is 1. The minimum absolute atomic E-state index is 0. The molecule has 0 bridgehead atoms. The largest absolute Gasteiger partial charge is 0.486 e. The van der Waals surface area contributed by atoms with Gasteiger partial charge in [-0.15, -0.1) is 0 Å². The highest BCUT2D eigenvalue weighted by atomic mass is 16.6. The van der Waals surface area contributed by atoms with E-state index in [9.17, 15) is 4.79 Å². The highest BCUT2D eigenvalue weighted by Crippen LogP contribution is 2.31. The summed E-state index contributed by atoms with van der Waals surface area (Å²) in [6.45, 7) is 4.05. The van der Waals surface area contributed by atoms with Crippen LogP contribution in [0.5, 0.6) is 11.5 Å². The third-order valence-electron chi connectivity index (χ3n) is 4.95. The molecule has 0 aliphatic carbocycles. The fourth-order valence-corrected chi connectivity index (χ4v) is 3.50. The molecule has 0 saturated heterocycles. The third-order valence-corrected chi connectivity index (χ3v) is 4.95. The summed E-state index contributed by atoms with van der Waals surface area (Å²) in [4.78, 5) is 16.6. The first-order chi connectivity index (χ1) is 13.7. The average Bonchev–Trinajstić information content (AvgIpc) is 3.20. The van der Waals surface area contributed by atoms with Gasteiger partial charge in [-0.3, -0.25) is 4.79 Å². The van der Waals surface area contributed by atoms with Crippen molar-refractivity contribution >= 4 is 5.91 Å². The molecule has 1 aliphatic heterocycles. The van der Waals surface area contributed by atoms with E-state index < -0.39 is 0 Å². The van der Waals surface area contributed by atoms with Crippen LogP contribution in [0, 0.1) is 0 Å². The first kappa shape index (κ1) is 22.7. The van der Waals surface area contributed by atoms with Crippen molar-refractivity contribution in [2.75, 3.05) is 13.2 Å². The van der Waals surface area contributed by atoms with Gasteiger partial charge in [-0.05, 0) is 30.5 Å². The second kappa shape index (κ2) is 12.1. The summed E-state index contributed by atoms with van der Waals surface area (Å²) in [5.41, 5.74) is 1.12. The molecule has 7 heteroatoms. The van der Waals surface area contributed by atoms with E-state index in [4.69, 9.17) is 9.47 Å². The first-order valence-corrected chi connectivity index (χ1v) is 10.4. The molecule has 1 aromatic heterocycles. The SMILES string of the molecule is CCCCCCCC(=O)N[C@@H](Cc1ccc2c(c1)OCCO2)Cn1ccnc1.O. The van der Waals surface area contributed by atoms with Gasteiger partial charge in [-0.25, -0.2) is 4.98 Å². The lowest BCUT2D eigenvalue weighted by Crippen LogP contribution is -2.39. The van der Waals surface area contributed by atoms with Crippen LogP contribution in [-0.2, 0) is 17.8 Å². The van der Waals surface area contributed by atoms with E-state index in [-0.39, 0.29) is 17.4 Å². The van der Waals surface area contributed by atoms with Crippen LogP contribution in [0.25, 0.3) is 0 Å². The van der Waals surface area contributed by atoms with Gasteiger partial charge in [0.25, 0.3) is 0 Å². The number of carbonyl (C=O) groups is 1. The average molecular weight is 404 g/mol. The molecule has 1 amide bonds. The number of nitrogens with zero attached hydrogens (tertiary/aromatic N) is 2. The number of ether oxygens (including phenoxy) is 2. The Balaban J connectivity index is 0.00000300. The Bertz CT molecular complexity index is 734. The summed E-state index contributed by atoms with van der Waals surface area (Å²) < 4.78 is 13.3. The second-order valence-corrected chi connectivity index (χ2v) is 7.37. The number of fused-ring (bicyclic) bond motifs is 1. The van der Waals surface area contributed by atoms with Crippen molar-refractivity contribution in [3.63, 3.8) is 0 Å². The number of rotatable bonds is 11. The number of hydrogen-bond donors (Lipinski definition) is 1. The van der Waals surface area contributed by atoms with E-state index in [2.05, 4.69) is 17.2 Å². The van der Waals surface area contributed by atoms with E-state index in [0.717, 1.165) is 36.3 Å². The minimum Gasteiger partial charge on any atom is -0.486 e. The zero-order valence-corrected chi connectivity index (χ0v) is 17.2. The maximum absolute atomic E-state index is 12.5. The van der Waals surface area contributed by atoms with Gasteiger partial charge in [0.1, 0.15) is 13.2 Å². The van der Waals surface area contributed by atoms with Gasteiger partial charge in [0.15, 0.2) is 11.5 Å². The van der Waals surface area contributed by atoms with E-state index in [1.165, 1.54) is 19.3 Å². The zero-order chi connectivity index (χ0) is 19.6. The molecule has 0 spiro atoms. The Hall–Kier alpha value is -2.54. The van der Waals surface area contributed by atoms with Gasteiger partial charge >= 0.3 is 0 Å². The summed E-state index contributed by atoms with van der Waals surface area (Å²) in [5, 5.41) is 3.22. The predicted molar refractivity (Wildman–Crippen MR) is 112 cm³/mol. The summed E-state index contributed by atoms with van der Waals surface area (Å²) in [6.07, 6.45) is 12.5. The number of unbranched alkanes of at least 4 members (excludes halogenated alkanes) is 4. The number of benzene rings is 1. The lowest BCUT2D eigenvalue weighted by molar-refractivity contribution is -0.122. The van der Waals surface area contributed by atoms with E-state index in [0.29, 0.717) is 26.2 Å². The number of carbonyl (C=O) groups excluding carboxylic acids is 1. The molecule has 3 N–H and O–H groups in total. The second-order valence-electron chi connectivity index (χ2n) is 7.37. The number of aromatic nitrogens is 2. The minimum atomic E-state index is -0.0000919. The molecule has 1 aliphatic rings. The van der Waals surface area contributed by atoms with Gasteiger partial charge in [0.05, 0.1) is 12.4 Å². The Kier molecular flexibility index (Phi) is 9.50. The van der Waals surface area contributed by atoms with E-state index in [1.807, 2.05) is 29.0 Å². The van der Waals surface area contributed by atoms with E-state index in [1.54, 1.807) is 12.5 Å². The third kappa shape index (κ3) is 7.42. The molecule has 0 saturated carbocycles. The van der Waals surface area contributed by atoms with Gasteiger partial charge < -0.3 is 24.8 Å². The maximum atomic E-state index is 12.5. The molecular weight excluding hydrogens is 370 g/mol.